The van der Waals surface area contributed by atoms with Crippen molar-refractivity contribution in [3.8, 4) is 0 Å². The Labute approximate surface area is 164 Å². The highest BCUT2D eigenvalue weighted by atomic mass is 32.1. The lowest BCUT2D eigenvalue weighted by atomic mass is 9.93. The van der Waals surface area contributed by atoms with Gasteiger partial charge in [-0.25, -0.2) is 0 Å². The second-order valence-corrected chi connectivity index (χ2v) is 8.13. The Morgan fingerprint density at radius 2 is 1.93 bits per heavy atom. The van der Waals surface area contributed by atoms with Crippen LogP contribution in [0, 0.1) is 13.8 Å². The van der Waals surface area contributed by atoms with E-state index in [-0.39, 0.29) is 11.9 Å². The Kier molecular flexibility index (Phi) is 5.10. The molecular formula is C23H24N2OS. The fourth-order valence-electron chi connectivity index (χ4n) is 3.83. The summed E-state index contributed by atoms with van der Waals surface area (Å²) in [6, 6.07) is 18.9. The van der Waals surface area contributed by atoms with Crippen LogP contribution in [0.25, 0.3) is 0 Å². The van der Waals surface area contributed by atoms with Gasteiger partial charge in [0.1, 0.15) is 0 Å². The smallest absolute Gasteiger partial charge is 0.238 e. The van der Waals surface area contributed by atoms with E-state index in [1.807, 2.05) is 29.5 Å². The van der Waals surface area contributed by atoms with Crippen LogP contribution in [0.15, 0.2) is 60.0 Å². The molecule has 0 spiro atoms. The van der Waals surface area contributed by atoms with Gasteiger partial charge in [0, 0.05) is 17.1 Å². The van der Waals surface area contributed by atoms with Gasteiger partial charge in [0.15, 0.2) is 0 Å². The summed E-state index contributed by atoms with van der Waals surface area (Å²) in [6.45, 7) is 5.41. The SMILES string of the molecule is Cc1cccc(NC(=O)CN2CCc3sccc3[C@@H]2c2ccccc2)c1C. The number of amides is 1. The second-order valence-electron chi connectivity index (χ2n) is 7.13. The number of rotatable bonds is 4. The van der Waals surface area contributed by atoms with Crippen molar-refractivity contribution in [2.75, 3.05) is 18.4 Å². The summed E-state index contributed by atoms with van der Waals surface area (Å²) in [5.74, 6) is 0.0447. The van der Waals surface area contributed by atoms with E-state index in [1.54, 1.807) is 0 Å². The first kappa shape index (κ1) is 18.0. The van der Waals surface area contributed by atoms with Crippen LogP contribution in [0.4, 0.5) is 5.69 Å². The minimum atomic E-state index is 0.0447. The average Bonchev–Trinajstić information content (AvgIpc) is 3.15. The molecule has 1 atom stereocenters. The maximum atomic E-state index is 12.8. The van der Waals surface area contributed by atoms with E-state index in [4.69, 9.17) is 0 Å². The van der Waals surface area contributed by atoms with Crippen LogP contribution >= 0.6 is 11.3 Å². The Balaban J connectivity index is 1.57. The highest BCUT2D eigenvalue weighted by molar-refractivity contribution is 7.10. The monoisotopic (exact) mass is 376 g/mol. The van der Waals surface area contributed by atoms with Crippen molar-refractivity contribution in [3.05, 3.63) is 87.1 Å². The first-order valence-corrected chi connectivity index (χ1v) is 10.2. The van der Waals surface area contributed by atoms with Crippen molar-refractivity contribution in [2.24, 2.45) is 0 Å². The number of carbonyl (C=O) groups excluding carboxylic acids is 1. The summed E-state index contributed by atoms with van der Waals surface area (Å²) >= 11 is 1.82. The number of nitrogens with zero attached hydrogens (tertiary/aromatic N) is 1. The molecule has 4 rings (SSSR count). The molecule has 1 aliphatic heterocycles. The first-order chi connectivity index (χ1) is 13.1. The lowest BCUT2D eigenvalue weighted by Crippen LogP contribution is -2.40. The quantitative estimate of drug-likeness (QED) is 0.699. The van der Waals surface area contributed by atoms with Gasteiger partial charge >= 0.3 is 0 Å². The van der Waals surface area contributed by atoms with E-state index in [9.17, 15) is 4.79 Å². The number of carbonyl (C=O) groups is 1. The summed E-state index contributed by atoms with van der Waals surface area (Å²) in [6.07, 6.45) is 1.01. The zero-order valence-corrected chi connectivity index (χ0v) is 16.6. The molecule has 2 aromatic carbocycles. The minimum Gasteiger partial charge on any atom is -0.325 e. The largest absolute Gasteiger partial charge is 0.325 e. The highest BCUT2D eigenvalue weighted by Gasteiger charge is 2.30. The van der Waals surface area contributed by atoms with E-state index in [1.165, 1.54) is 21.6 Å². The zero-order valence-electron chi connectivity index (χ0n) is 15.7. The lowest BCUT2D eigenvalue weighted by Gasteiger charge is -2.35. The third-order valence-electron chi connectivity index (χ3n) is 5.41. The molecule has 0 saturated heterocycles. The maximum absolute atomic E-state index is 12.8. The summed E-state index contributed by atoms with van der Waals surface area (Å²) in [5, 5.41) is 5.28. The fraction of sp³-hybridized carbons (Fsp3) is 0.261. The van der Waals surface area contributed by atoms with Crippen LogP contribution in [0.2, 0.25) is 0 Å². The molecule has 0 aliphatic carbocycles. The van der Waals surface area contributed by atoms with Gasteiger partial charge < -0.3 is 5.32 Å². The second kappa shape index (κ2) is 7.67. The number of fused-ring (bicyclic) bond motifs is 1. The van der Waals surface area contributed by atoms with E-state index in [0.717, 1.165) is 24.2 Å². The summed E-state index contributed by atoms with van der Waals surface area (Å²) in [7, 11) is 0. The Morgan fingerprint density at radius 3 is 2.74 bits per heavy atom. The van der Waals surface area contributed by atoms with Gasteiger partial charge in [0.25, 0.3) is 0 Å². The van der Waals surface area contributed by atoms with Crippen molar-refractivity contribution in [1.29, 1.82) is 0 Å². The number of nitrogens with one attached hydrogen (secondary N) is 1. The van der Waals surface area contributed by atoms with Gasteiger partial charge in [-0.3, -0.25) is 9.69 Å². The molecule has 0 radical (unpaired) electrons. The third kappa shape index (κ3) is 3.68. The number of hydrogen-bond donors (Lipinski definition) is 1. The van der Waals surface area contributed by atoms with Gasteiger partial charge in [-0.05, 0) is 60.0 Å². The highest BCUT2D eigenvalue weighted by Crippen LogP contribution is 2.37. The van der Waals surface area contributed by atoms with Crippen LogP contribution in [-0.4, -0.2) is 23.9 Å². The van der Waals surface area contributed by atoms with Crippen LogP contribution in [0.1, 0.15) is 33.2 Å². The van der Waals surface area contributed by atoms with E-state index < -0.39 is 0 Å². The Bertz CT molecular complexity index is 948. The number of anilines is 1. The molecular weight excluding hydrogens is 352 g/mol. The molecule has 138 valence electrons. The summed E-state index contributed by atoms with van der Waals surface area (Å²) in [4.78, 5) is 16.6. The van der Waals surface area contributed by atoms with Crippen molar-refractivity contribution in [1.82, 2.24) is 4.90 Å². The van der Waals surface area contributed by atoms with Crippen LogP contribution in [0.3, 0.4) is 0 Å². The van der Waals surface area contributed by atoms with Crippen molar-refractivity contribution < 1.29 is 4.79 Å². The molecule has 0 bridgehead atoms. The summed E-state index contributed by atoms with van der Waals surface area (Å²) < 4.78 is 0. The van der Waals surface area contributed by atoms with E-state index in [0.29, 0.717) is 6.54 Å². The normalized spacial score (nSPS) is 16.7. The molecule has 1 amide bonds. The zero-order chi connectivity index (χ0) is 18.8. The van der Waals surface area contributed by atoms with E-state index >= 15 is 0 Å². The van der Waals surface area contributed by atoms with Gasteiger partial charge in [0.2, 0.25) is 5.91 Å². The maximum Gasteiger partial charge on any atom is 0.238 e. The average molecular weight is 377 g/mol. The molecule has 2 heterocycles. The van der Waals surface area contributed by atoms with Gasteiger partial charge in [-0.1, -0.05) is 42.5 Å². The van der Waals surface area contributed by atoms with Crippen molar-refractivity contribution in [3.63, 3.8) is 0 Å². The molecule has 27 heavy (non-hydrogen) atoms. The molecule has 1 aromatic heterocycles. The minimum absolute atomic E-state index is 0.0447. The first-order valence-electron chi connectivity index (χ1n) is 9.35. The topological polar surface area (TPSA) is 32.3 Å². The molecule has 3 aromatic rings. The van der Waals surface area contributed by atoms with Crippen LogP contribution in [0.5, 0.6) is 0 Å². The van der Waals surface area contributed by atoms with Crippen molar-refractivity contribution in [2.45, 2.75) is 26.3 Å². The van der Waals surface area contributed by atoms with Gasteiger partial charge in [-0.2, -0.15) is 0 Å². The summed E-state index contributed by atoms with van der Waals surface area (Å²) in [5.41, 5.74) is 5.82. The number of aryl methyl sites for hydroxylation is 1. The number of benzene rings is 2. The molecule has 0 fully saturated rings. The fourth-order valence-corrected chi connectivity index (χ4v) is 4.73. The molecule has 1 N–H and O–H groups in total. The van der Waals surface area contributed by atoms with Crippen LogP contribution < -0.4 is 5.32 Å². The van der Waals surface area contributed by atoms with E-state index in [2.05, 4.69) is 65.8 Å². The van der Waals surface area contributed by atoms with Crippen molar-refractivity contribution >= 4 is 22.9 Å². The Hall–Kier alpha value is -2.43. The number of thiophene rings is 1. The molecule has 0 saturated carbocycles. The molecule has 1 aliphatic rings. The standard InChI is InChI=1S/C23H24N2OS/c1-16-7-6-10-20(17(16)2)24-22(26)15-25-13-11-21-19(12-14-27-21)23(25)18-8-4-3-5-9-18/h3-10,12,14,23H,11,13,15H2,1-2H3,(H,24,26)/t23-/m0/s1. The Morgan fingerprint density at radius 1 is 1.11 bits per heavy atom. The van der Waals surface area contributed by atoms with Gasteiger partial charge in [-0.15, -0.1) is 11.3 Å². The predicted octanol–water partition coefficient (Wildman–Crippen LogP) is 4.95. The van der Waals surface area contributed by atoms with Crippen LogP contribution in [-0.2, 0) is 11.2 Å². The predicted molar refractivity (Wildman–Crippen MR) is 112 cm³/mol. The molecule has 0 unspecified atom stereocenters. The molecule has 4 heteroatoms. The lowest BCUT2D eigenvalue weighted by molar-refractivity contribution is -0.117. The number of hydrogen-bond acceptors (Lipinski definition) is 3. The molecule has 3 nitrogen and oxygen atoms in total. The third-order valence-corrected chi connectivity index (χ3v) is 6.40. The van der Waals surface area contributed by atoms with Gasteiger partial charge in [0.05, 0.1) is 12.6 Å².